The Morgan fingerprint density at radius 3 is 2.92 bits per heavy atom. The first kappa shape index (κ1) is 15.9. The highest BCUT2D eigenvalue weighted by molar-refractivity contribution is 5.84. The fraction of sp³-hybridized carbons (Fsp3) is 0.421. The minimum atomic E-state index is -0.225. The lowest BCUT2D eigenvalue weighted by Gasteiger charge is -2.26. The van der Waals surface area contributed by atoms with E-state index in [4.69, 9.17) is 4.42 Å². The van der Waals surface area contributed by atoms with Gasteiger partial charge in [-0.05, 0) is 51.8 Å². The second kappa shape index (κ2) is 6.02. The molecule has 2 unspecified atom stereocenters. The number of hydrogen-bond donors (Lipinski definition) is 0. The molecule has 0 spiro atoms. The van der Waals surface area contributed by atoms with Crippen LogP contribution in [0.3, 0.4) is 0 Å². The number of aromatic nitrogens is 3. The number of fused-ring (bicyclic) bond motifs is 1. The number of amides is 1. The van der Waals surface area contributed by atoms with Crippen LogP contribution in [0.2, 0.25) is 0 Å². The molecule has 2 atom stereocenters. The van der Waals surface area contributed by atoms with Crippen LogP contribution in [-0.4, -0.2) is 31.9 Å². The maximum atomic E-state index is 13.2. The van der Waals surface area contributed by atoms with Crippen molar-refractivity contribution in [2.45, 2.75) is 45.6 Å². The molecule has 0 aliphatic carbocycles. The van der Waals surface area contributed by atoms with Gasteiger partial charge in [0.25, 0.3) is 0 Å². The quantitative estimate of drug-likeness (QED) is 0.734. The summed E-state index contributed by atoms with van der Waals surface area (Å²) in [7, 11) is 0. The summed E-state index contributed by atoms with van der Waals surface area (Å²) >= 11 is 0. The van der Waals surface area contributed by atoms with Crippen LogP contribution in [0.5, 0.6) is 0 Å². The fourth-order valence-electron chi connectivity index (χ4n) is 3.85. The van der Waals surface area contributed by atoms with Crippen LogP contribution in [0.1, 0.15) is 54.6 Å². The van der Waals surface area contributed by atoms with E-state index in [0.29, 0.717) is 0 Å². The molecular formula is C19H22N4O2. The molecule has 0 bridgehead atoms. The Bertz CT molecular complexity index is 927. The van der Waals surface area contributed by atoms with Gasteiger partial charge in [0.05, 0.1) is 12.0 Å². The van der Waals surface area contributed by atoms with Gasteiger partial charge in [-0.15, -0.1) is 10.2 Å². The van der Waals surface area contributed by atoms with Crippen molar-refractivity contribution in [1.82, 2.24) is 19.5 Å². The van der Waals surface area contributed by atoms with Crippen LogP contribution in [-0.2, 0) is 4.79 Å². The first-order valence-corrected chi connectivity index (χ1v) is 8.73. The predicted molar refractivity (Wildman–Crippen MR) is 93.3 cm³/mol. The molecule has 130 valence electrons. The second-order valence-corrected chi connectivity index (χ2v) is 6.77. The highest BCUT2D eigenvalue weighted by atomic mass is 16.3. The Morgan fingerprint density at radius 1 is 1.32 bits per heavy atom. The molecule has 0 N–H and O–H groups in total. The van der Waals surface area contributed by atoms with Crippen LogP contribution in [0.15, 0.2) is 34.9 Å². The van der Waals surface area contributed by atoms with Gasteiger partial charge >= 0.3 is 0 Å². The van der Waals surface area contributed by atoms with Crippen molar-refractivity contribution in [1.29, 1.82) is 0 Å². The molecule has 6 nitrogen and oxygen atoms in total. The normalized spacial score (nSPS) is 18.8. The summed E-state index contributed by atoms with van der Waals surface area (Å²) in [6, 6.07) is 7.77. The van der Waals surface area contributed by atoms with Gasteiger partial charge in [0.15, 0.2) is 11.5 Å². The summed E-state index contributed by atoms with van der Waals surface area (Å²) in [5, 5.41) is 8.60. The summed E-state index contributed by atoms with van der Waals surface area (Å²) < 4.78 is 7.59. The van der Waals surface area contributed by atoms with Gasteiger partial charge in [0.1, 0.15) is 11.5 Å². The predicted octanol–water partition coefficient (Wildman–Crippen LogP) is 3.41. The van der Waals surface area contributed by atoms with Crippen LogP contribution >= 0.6 is 0 Å². The largest absolute Gasteiger partial charge is 0.466 e. The first-order chi connectivity index (χ1) is 12.1. The van der Waals surface area contributed by atoms with Crippen molar-refractivity contribution >= 4 is 11.6 Å². The van der Waals surface area contributed by atoms with Crippen molar-refractivity contribution in [3.05, 3.63) is 53.4 Å². The molecule has 0 radical (unpaired) electrons. The van der Waals surface area contributed by atoms with Crippen molar-refractivity contribution in [3.8, 4) is 0 Å². The van der Waals surface area contributed by atoms with Crippen LogP contribution in [0, 0.1) is 13.8 Å². The number of nitrogens with zero attached hydrogens (tertiary/aromatic N) is 4. The van der Waals surface area contributed by atoms with Gasteiger partial charge in [-0.3, -0.25) is 9.20 Å². The van der Waals surface area contributed by atoms with Gasteiger partial charge < -0.3 is 9.32 Å². The molecule has 25 heavy (non-hydrogen) atoms. The van der Waals surface area contributed by atoms with Gasteiger partial charge in [0, 0.05) is 18.3 Å². The van der Waals surface area contributed by atoms with Crippen molar-refractivity contribution in [3.63, 3.8) is 0 Å². The van der Waals surface area contributed by atoms with Crippen molar-refractivity contribution < 1.29 is 9.21 Å². The molecule has 4 rings (SSSR count). The summed E-state index contributed by atoms with van der Waals surface area (Å²) in [5.74, 6) is 2.40. The number of pyridine rings is 1. The van der Waals surface area contributed by atoms with E-state index >= 15 is 0 Å². The minimum Gasteiger partial charge on any atom is -0.466 e. The monoisotopic (exact) mass is 338 g/mol. The van der Waals surface area contributed by atoms with E-state index in [-0.39, 0.29) is 17.9 Å². The number of carbonyl (C=O) groups excluding carboxylic acids is 1. The Kier molecular flexibility index (Phi) is 3.82. The average Bonchev–Trinajstić information content (AvgIpc) is 3.31. The van der Waals surface area contributed by atoms with E-state index in [1.54, 1.807) is 0 Å². The smallest absolute Gasteiger partial charge is 0.230 e. The Labute approximate surface area is 146 Å². The molecule has 1 fully saturated rings. The number of hydrogen-bond acceptors (Lipinski definition) is 4. The number of rotatable bonds is 3. The van der Waals surface area contributed by atoms with E-state index in [1.807, 2.05) is 60.5 Å². The van der Waals surface area contributed by atoms with Gasteiger partial charge in [0.2, 0.25) is 5.91 Å². The third-order valence-electron chi connectivity index (χ3n) is 5.09. The molecule has 6 heteroatoms. The summed E-state index contributed by atoms with van der Waals surface area (Å²) in [6.07, 6.45) is 3.85. The maximum Gasteiger partial charge on any atom is 0.230 e. The molecule has 1 aliphatic heterocycles. The average molecular weight is 338 g/mol. The van der Waals surface area contributed by atoms with Crippen LogP contribution < -0.4 is 0 Å². The first-order valence-electron chi connectivity index (χ1n) is 8.73. The Balaban J connectivity index is 1.65. The number of carbonyl (C=O) groups is 1. The molecule has 1 saturated heterocycles. The highest BCUT2D eigenvalue weighted by Crippen LogP contribution is 2.35. The van der Waals surface area contributed by atoms with E-state index in [0.717, 1.165) is 47.9 Å². The van der Waals surface area contributed by atoms with Crippen molar-refractivity contribution in [2.24, 2.45) is 0 Å². The number of likely N-dealkylation sites (tertiary alicyclic amines) is 1. The standard InChI is InChI=1S/C19H22N4O2/c1-12-11-15(14(3)25-12)13(2)19(24)22-10-6-7-16(22)18-21-20-17-8-4-5-9-23(17)18/h4-5,8-9,11,13,16H,6-7,10H2,1-3H3. The number of furan rings is 1. The van der Waals surface area contributed by atoms with Gasteiger partial charge in [-0.25, -0.2) is 0 Å². The van der Waals surface area contributed by atoms with Crippen molar-refractivity contribution in [2.75, 3.05) is 6.54 Å². The highest BCUT2D eigenvalue weighted by Gasteiger charge is 2.36. The van der Waals surface area contributed by atoms with E-state index in [9.17, 15) is 4.79 Å². The van der Waals surface area contributed by atoms with Gasteiger partial charge in [-0.1, -0.05) is 6.07 Å². The van der Waals surface area contributed by atoms with E-state index in [2.05, 4.69) is 10.2 Å². The molecule has 4 heterocycles. The fourth-order valence-corrected chi connectivity index (χ4v) is 3.85. The van der Waals surface area contributed by atoms with E-state index < -0.39 is 0 Å². The molecule has 1 aliphatic rings. The molecular weight excluding hydrogens is 316 g/mol. The minimum absolute atomic E-state index is 0.0272. The SMILES string of the molecule is Cc1cc(C(C)C(=O)N2CCCC2c2nnc3ccccn23)c(C)o1. The third kappa shape index (κ3) is 2.62. The maximum absolute atomic E-state index is 13.2. The zero-order chi connectivity index (χ0) is 17.6. The molecule has 3 aromatic rings. The lowest BCUT2D eigenvalue weighted by Crippen LogP contribution is -2.34. The zero-order valence-electron chi connectivity index (χ0n) is 14.8. The topological polar surface area (TPSA) is 63.6 Å². The molecule has 0 aromatic carbocycles. The number of aryl methyl sites for hydroxylation is 2. The molecule has 3 aromatic heterocycles. The Morgan fingerprint density at radius 2 is 2.16 bits per heavy atom. The van der Waals surface area contributed by atoms with Gasteiger partial charge in [-0.2, -0.15) is 0 Å². The second-order valence-electron chi connectivity index (χ2n) is 6.77. The third-order valence-corrected chi connectivity index (χ3v) is 5.09. The molecule has 1 amide bonds. The molecule has 0 saturated carbocycles. The lowest BCUT2D eigenvalue weighted by molar-refractivity contribution is -0.133. The summed E-state index contributed by atoms with van der Waals surface area (Å²) in [6.45, 7) is 6.54. The van der Waals surface area contributed by atoms with E-state index in [1.165, 1.54) is 0 Å². The summed E-state index contributed by atoms with van der Waals surface area (Å²) in [4.78, 5) is 15.1. The van der Waals surface area contributed by atoms with Crippen LogP contribution in [0.4, 0.5) is 0 Å². The lowest BCUT2D eigenvalue weighted by atomic mass is 9.99. The zero-order valence-corrected chi connectivity index (χ0v) is 14.8. The van der Waals surface area contributed by atoms with Crippen LogP contribution in [0.25, 0.3) is 5.65 Å². The summed E-state index contributed by atoms with van der Waals surface area (Å²) in [5.41, 5.74) is 1.78. The Hall–Kier alpha value is -2.63.